The number of morpholine rings is 1. The molecule has 0 radical (unpaired) electrons. The van der Waals surface area contributed by atoms with Crippen molar-refractivity contribution in [2.75, 3.05) is 38.7 Å². The van der Waals surface area contributed by atoms with E-state index in [1.807, 2.05) is 49.4 Å². The molecular formula is C21H26N4O3. The standard InChI is InChI=1S/C21H26N4O3/c1-16(23-24-21(26)22-19-6-4-3-5-7-19)17-8-9-20(27-2)18(14-17)15-25-10-12-28-13-11-25/h3-9,14H,10-13,15H2,1-2H3,(H2,22,24,26)/b23-16-. The number of benzene rings is 2. The van der Waals surface area contributed by atoms with Crippen LogP contribution in [0, 0.1) is 0 Å². The van der Waals surface area contributed by atoms with Crippen molar-refractivity contribution in [2.24, 2.45) is 5.10 Å². The second-order valence-corrected chi connectivity index (χ2v) is 6.54. The molecule has 0 spiro atoms. The summed E-state index contributed by atoms with van der Waals surface area (Å²) >= 11 is 0. The number of amides is 2. The maximum Gasteiger partial charge on any atom is 0.339 e. The van der Waals surface area contributed by atoms with Crippen LogP contribution in [-0.2, 0) is 11.3 Å². The first kappa shape index (κ1) is 19.9. The van der Waals surface area contributed by atoms with Gasteiger partial charge in [-0.2, -0.15) is 5.10 Å². The van der Waals surface area contributed by atoms with E-state index in [4.69, 9.17) is 9.47 Å². The van der Waals surface area contributed by atoms with Gasteiger partial charge >= 0.3 is 6.03 Å². The minimum Gasteiger partial charge on any atom is -0.496 e. The van der Waals surface area contributed by atoms with Crippen molar-refractivity contribution in [3.63, 3.8) is 0 Å². The van der Waals surface area contributed by atoms with Crippen LogP contribution in [0.4, 0.5) is 10.5 Å². The fraction of sp³-hybridized carbons (Fsp3) is 0.333. The number of para-hydroxylation sites is 1. The number of rotatable bonds is 6. The predicted molar refractivity (Wildman–Crippen MR) is 110 cm³/mol. The highest BCUT2D eigenvalue weighted by atomic mass is 16.5. The molecule has 2 aromatic carbocycles. The third-order valence-corrected chi connectivity index (χ3v) is 4.55. The molecule has 148 valence electrons. The molecule has 1 fully saturated rings. The Bertz CT molecular complexity index is 818. The summed E-state index contributed by atoms with van der Waals surface area (Å²) in [6.45, 7) is 5.97. The molecule has 1 aliphatic heterocycles. The van der Waals surface area contributed by atoms with E-state index in [2.05, 4.69) is 26.8 Å². The number of hydrazone groups is 1. The molecule has 2 aromatic rings. The van der Waals surface area contributed by atoms with Crippen molar-refractivity contribution in [3.8, 4) is 5.75 Å². The summed E-state index contributed by atoms with van der Waals surface area (Å²) in [6, 6.07) is 14.8. The molecule has 28 heavy (non-hydrogen) atoms. The van der Waals surface area contributed by atoms with Crippen LogP contribution in [0.15, 0.2) is 53.6 Å². The molecule has 0 aromatic heterocycles. The summed E-state index contributed by atoms with van der Waals surface area (Å²) in [5, 5.41) is 6.95. The van der Waals surface area contributed by atoms with Crippen molar-refractivity contribution in [3.05, 3.63) is 59.7 Å². The number of urea groups is 1. The van der Waals surface area contributed by atoms with Gasteiger partial charge < -0.3 is 14.8 Å². The Hall–Kier alpha value is -2.90. The lowest BCUT2D eigenvalue weighted by Gasteiger charge is -2.27. The van der Waals surface area contributed by atoms with Gasteiger partial charge in [0, 0.05) is 30.9 Å². The highest BCUT2D eigenvalue weighted by Gasteiger charge is 2.14. The Kier molecular flexibility index (Phi) is 7.00. The molecule has 0 unspecified atom stereocenters. The minimum atomic E-state index is -0.382. The number of ether oxygens (including phenoxy) is 2. The van der Waals surface area contributed by atoms with E-state index >= 15 is 0 Å². The number of hydrogen-bond acceptors (Lipinski definition) is 5. The van der Waals surface area contributed by atoms with E-state index in [1.165, 1.54) is 0 Å². The van der Waals surface area contributed by atoms with Crippen molar-refractivity contribution in [1.29, 1.82) is 0 Å². The quantitative estimate of drug-likeness (QED) is 0.595. The second-order valence-electron chi connectivity index (χ2n) is 6.54. The van der Waals surface area contributed by atoms with E-state index in [9.17, 15) is 4.79 Å². The number of nitrogens with one attached hydrogen (secondary N) is 2. The number of methoxy groups -OCH3 is 1. The molecule has 2 amide bonds. The van der Waals surface area contributed by atoms with Crippen LogP contribution in [0.2, 0.25) is 0 Å². The summed E-state index contributed by atoms with van der Waals surface area (Å²) in [7, 11) is 1.67. The summed E-state index contributed by atoms with van der Waals surface area (Å²) in [5.74, 6) is 0.845. The van der Waals surface area contributed by atoms with Gasteiger partial charge in [0.25, 0.3) is 0 Å². The van der Waals surface area contributed by atoms with E-state index < -0.39 is 0 Å². The number of carbonyl (C=O) groups excluding carboxylic acids is 1. The third-order valence-electron chi connectivity index (χ3n) is 4.55. The molecule has 0 bridgehead atoms. The van der Waals surface area contributed by atoms with E-state index in [0.29, 0.717) is 11.4 Å². The molecule has 0 atom stereocenters. The Morgan fingerprint density at radius 2 is 1.93 bits per heavy atom. The van der Waals surface area contributed by atoms with Gasteiger partial charge in [-0.25, -0.2) is 10.2 Å². The fourth-order valence-electron chi connectivity index (χ4n) is 3.01. The number of carbonyl (C=O) groups is 1. The van der Waals surface area contributed by atoms with Gasteiger partial charge in [-0.15, -0.1) is 0 Å². The first-order chi connectivity index (χ1) is 13.7. The van der Waals surface area contributed by atoms with Crippen molar-refractivity contribution < 1.29 is 14.3 Å². The molecular weight excluding hydrogens is 356 g/mol. The number of anilines is 1. The normalized spacial score (nSPS) is 15.1. The third kappa shape index (κ3) is 5.55. The number of hydrogen-bond donors (Lipinski definition) is 2. The first-order valence-electron chi connectivity index (χ1n) is 9.29. The van der Waals surface area contributed by atoms with Crippen LogP contribution < -0.4 is 15.5 Å². The molecule has 1 aliphatic rings. The Morgan fingerprint density at radius 3 is 2.64 bits per heavy atom. The van der Waals surface area contributed by atoms with Crippen molar-refractivity contribution in [1.82, 2.24) is 10.3 Å². The lowest BCUT2D eigenvalue weighted by Crippen LogP contribution is -2.35. The summed E-state index contributed by atoms with van der Waals surface area (Å²) < 4.78 is 10.9. The molecule has 0 saturated carbocycles. The van der Waals surface area contributed by atoms with Crippen molar-refractivity contribution in [2.45, 2.75) is 13.5 Å². The predicted octanol–water partition coefficient (Wildman–Crippen LogP) is 3.07. The average molecular weight is 382 g/mol. The first-order valence-corrected chi connectivity index (χ1v) is 9.29. The highest BCUT2D eigenvalue weighted by molar-refractivity contribution is 6.00. The van der Waals surface area contributed by atoms with Crippen LogP contribution in [0.5, 0.6) is 5.75 Å². The lowest BCUT2D eigenvalue weighted by atomic mass is 10.1. The highest BCUT2D eigenvalue weighted by Crippen LogP contribution is 2.22. The topological polar surface area (TPSA) is 75.2 Å². The zero-order valence-corrected chi connectivity index (χ0v) is 16.3. The van der Waals surface area contributed by atoms with Gasteiger partial charge in [-0.1, -0.05) is 18.2 Å². The Balaban J connectivity index is 1.66. The summed E-state index contributed by atoms with van der Waals surface area (Å²) in [4.78, 5) is 14.3. The molecule has 2 N–H and O–H groups in total. The SMILES string of the molecule is COc1ccc(/C(C)=N\NC(=O)Nc2ccccc2)cc1CN1CCOCC1. The summed E-state index contributed by atoms with van der Waals surface area (Å²) in [5.41, 5.74) is 5.99. The van der Waals surface area contributed by atoms with Crippen LogP contribution in [0.25, 0.3) is 0 Å². The van der Waals surface area contributed by atoms with Gasteiger partial charge in [-0.3, -0.25) is 4.90 Å². The van der Waals surface area contributed by atoms with Crippen LogP contribution in [0.1, 0.15) is 18.1 Å². The zero-order valence-electron chi connectivity index (χ0n) is 16.3. The van der Waals surface area contributed by atoms with Crippen LogP contribution >= 0.6 is 0 Å². The van der Waals surface area contributed by atoms with Gasteiger partial charge in [0.15, 0.2) is 0 Å². The van der Waals surface area contributed by atoms with Gasteiger partial charge in [0.2, 0.25) is 0 Å². The smallest absolute Gasteiger partial charge is 0.339 e. The van der Waals surface area contributed by atoms with Crippen LogP contribution in [0.3, 0.4) is 0 Å². The molecule has 1 heterocycles. The zero-order chi connectivity index (χ0) is 19.8. The maximum atomic E-state index is 12.0. The molecule has 7 nitrogen and oxygen atoms in total. The largest absolute Gasteiger partial charge is 0.496 e. The summed E-state index contributed by atoms with van der Waals surface area (Å²) in [6.07, 6.45) is 0. The molecule has 1 saturated heterocycles. The lowest BCUT2D eigenvalue weighted by molar-refractivity contribution is 0.0339. The van der Waals surface area contributed by atoms with Crippen molar-refractivity contribution >= 4 is 17.4 Å². The Labute approximate surface area is 165 Å². The van der Waals surface area contributed by atoms with Crippen LogP contribution in [-0.4, -0.2) is 50.1 Å². The average Bonchev–Trinajstić information content (AvgIpc) is 2.73. The second kappa shape index (κ2) is 9.87. The van der Waals surface area contributed by atoms with Gasteiger partial charge in [0.05, 0.1) is 26.0 Å². The van der Waals surface area contributed by atoms with E-state index in [0.717, 1.165) is 49.7 Å². The molecule has 0 aliphatic carbocycles. The van der Waals surface area contributed by atoms with Gasteiger partial charge in [-0.05, 0) is 42.8 Å². The Morgan fingerprint density at radius 1 is 1.18 bits per heavy atom. The molecule has 3 rings (SSSR count). The number of nitrogens with zero attached hydrogens (tertiary/aromatic N) is 2. The van der Waals surface area contributed by atoms with E-state index in [-0.39, 0.29) is 6.03 Å². The van der Waals surface area contributed by atoms with E-state index in [1.54, 1.807) is 7.11 Å². The monoisotopic (exact) mass is 382 g/mol. The fourth-order valence-corrected chi connectivity index (χ4v) is 3.01. The minimum absolute atomic E-state index is 0.382. The molecule has 7 heteroatoms. The maximum absolute atomic E-state index is 12.0. The van der Waals surface area contributed by atoms with Gasteiger partial charge in [0.1, 0.15) is 5.75 Å².